The SMILES string of the molecule is COCCN1C[C@H](Cc2ccccc2C#N)CC1=O. The van der Waals surface area contributed by atoms with Crippen molar-refractivity contribution in [2.75, 3.05) is 26.8 Å². The van der Waals surface area contributed by atoms with Crippen LogP contribution in [0.2, 0.25) is 0 Å². The van der Waals surface area contributed by atoms with Crippen LogP contribution in [-0.4, -0.2) is 37.6 Å². The second-order valence-corrected chi connectivity index (χ2v) is 4.88. The standard InChI is InChI=1S/C15H18N2O2/c1-19-7-6-17-11-12(9-15(17)18)8-13-4-2-3-5-14(13)10-16/h2-5,12H,6-9,11H2,1H3/t12-/m1/s1. The first-order chi connectivity index (χ1) is 9.24. The minimum Gasteiger partial charge on any atom is -0.383 e. The van der Waals surface area contributed by atoms with Crippen LogP contribution >= 0.6 is 0 Å². The maximum Gasteiger partial charge on any atom is 0.223 e. The summed E-state index contributed by atoms with van der Waals surface area (Å²) < 4.78 is 5.01. The maximum absolute atomic E-state index is 11.8. The van der Waals surface area contributed by atoms with Crippen molar-refractivity contribution in [1.82, 2.24) is 4.90 Å². The first-order valence-corrected chi connectivity index (χ1v) is 6.49. The molecule has 1 heterocycles. The van der Waals surface area contributed by atoms with Crippen LogP contribution in [0.3, 0.4) is 0 Å². The molecule has 0 spiro atoms. The lowest BCUT2D eigenvalue weighted by atomic mass is 9.95. The highest BCUT2D eigenvalue weighted by Crippen LogP contribution is 2.23. The molecule has 4 nitrogen and oxygen atoms in total. The topological polar surface area (TPSA) is 53.3 Å². The molecular formula is C15H18N2O2. The highest BCUT2D eigenvalue weighted by Gasteiger charge is 2.29. The molecular weight excluding hydrogens is 240 g/mol. The van der Waals surface area contributed by atoms with E-state index in [0.29, 0.717) is 31.1 Å². The van der Waals surface area contributed by atoms with Crippen LogP contribution in [0.5, 0.6) is 0 Å². The number of benzene rings is 1. The molecule has 19 heavy (non-hydrogen) atoms. The molecule has 1 amide bonds. The molecule has 4 heteroatoms. The fourth-order valence-corrected chi connectivity index (χ4v) is 2.53. The van der Waals surface area contributed by atoms with Gasteiger partial charge < -0.3 is 9.64 Å². The quantitative estimate of drug-likeness (QED) is 0.806. The molecule has 1 aliphatic heterocycles. The summed E-state index contributed by atoms with van der Waals surface area (Å²) >= 11 is 0. The van der Waals surface area contributed by atoms with Crippen LogP contribution in [0.1, 0.15) is 17.5 Å². The predicted octanol–water partition coefficient (Wildman–Crippen LogP) is 1.60. The molecule has 1 aromatic carbocycles. The Labute approximate surface area is 113 Å². The zero-order valence-electron chi connectivity index (χ0n) is 11.1. The number of rotatable bonds is 5. The van der Waals surface area contributed by atoms with E-state index >= 15 is 0 Å². The molecule has 0 bridgehead atoms. The van der Waals surface area contributed by atoms with Gasteiger partial charge in [-0.2, -0.15) is 5.26 Å². The van der Waals surface area contributed by atoms with E-state index in [9.17, 15) is 4.79 Å². The van der Waals surface area contributed by atoms with E-state index in [1.165, 1.54) is 0 Å². The third-order valence-corrected chi connectivity index (χ3v) is 3.51. The van der Waals surface area contributed by atoms with Gasteiger partial charge in [-0.1, -0.05) is 18.2 Å². The maximum atomic E-state index is 11.8. The molecule has 100 valence electrons. The number of methoxy groups -OCH3 is 1. The smallest absolute Gasteiger partial charge is 0.223 e. The van der Waals surface area contributed by atoms with Gasteiger partial charge >= 0.3 is 0 Å². The molecule has 1 atom stereocenters. The van der Waals surface area contributed by atoms with Crippen molar-refractivity contribution in [2.45, 2.75) is 12.8 Å². The molecule has 1 saturated heterocycles. The second kappa shape index (κ2) is 6.35. The molecule has 0 aliphatic carbocycles. The van der Waals surface area contributed by atoms with Crippen LogP contribution in [0.15, 0.2) is 24.3 Å². The fraction of sp³-hybridized carbons (Fsp3) is 0.467. The van der Waals surface area contributed by atoms with Crippen molar-refractivity contribution >= 4 is 5.91 Å². The van der Waals surface area contributed by atoms with Gasteiger partial charge in [-0.3, -0.25) is 4.79 Å². The molecule has 0 radical (unpaired) electrons. The summed E-state index contributed by atoms with van der Waals surface area (Å²) in [6, 6.07) is 9.82. The van der Waals surface area contributed by atoms with Gasteiger partial charge in [-0.05, 0) is 24.0 Å². The Kier molecular flexibility index (Phi) is 4.53. The van der Waals surface area contributed by atoms with Crippen molar-refractivity contribution in [3.63, 3.8) is 0 Å². The van der Waals surface area contributed by atoms with Crippen molar-refractivity contribution in [2.24, 2.45) is 5.92 Å². The van der Waals surface area contributed by atoms with Crippen molar-refractivity contribution < 1.29 is 9.53 Å². The zero-order chi connectivity index (χ0) is 13.7. The summed E-state index contributed by atoms with van der Waals surface area (Å²) in [6.07, 6.45) is 1.36. The van der Waals surface area contributed by atoms with Gasteiger partial charge in [0.2, 0.25) is 5.91 Å². The number of nitriles is 1. The predicted molar refractivity (Wildman–Crippen MR) is 71.4 cm³/mol. The molecule has 1 aromatic rings. The van der Waals surface area contributed by atoms with Gasteiger partial charge in [0.05, 0.1) is 18.2 Å². The van der Waals surface area contributed by atoms with E-state index in [1.54, 1.807) is 7.11 Å². The van der Waals surface area contributed by atoms with Crippen LogP contribution < -0.4 is 0 Å². The van der Waals surface area contributed by atoms with Gasteiger partial charge in [0.25, 0.3) is 0 Å². The lowest BCUT2D eigenvalue weighted by Gasteiger charge is -2.16. The molecule has 0 unspecified atom stereocenters. The molecule has 0 saturated carbocycles. The number of hydrogen-bond acceptors (Lipinski definition) is 3. The van der Waals surface area contributed by atoms with E-state index in [4.69, 9.17) is 10.00 Å². The molecule has 1 fully saturated rings. The third-order valence-electron chi connectivity index (χ3n) is 3.51. The number of hydrogen-bond donors (Lipinski definition) is 0. The summed E-state index contributed by atoms with van der Waals surface area (Å²) in [6.45, 7) is 2.00. The van der Waals surface area contributed by atoms with E-state index < -0.39 is 0 Å². The first kappa shape index (κ1) is 13.6. The third kappa shape index (κ3) is 3.33. The lowest BCUT2D eigenvalue weighted by Crippen LogP contribution is -2.28. The number of nitrogens with zero attached hydrogens (tertiary/aromatic N) is 2. The largest absolute Gasteiger partial charge is 0.383 e. The summed E-state index contributed by atoms with van der Waals surface area (Å²) in [7, 11) is 1.64. The van der Waals surface area contributed by atoms with E-state index in [0.717, 1.165) is 18.5 Å². The number of likely N-dealkylation sites (tertiary alicyclic amines) is 1. The lowest BCUT2D eigenvalue weighted by molar-refractivity contribution is -0.128. The molecule has 2 rings (SSSR count). The summed E-state index contributed by atoms with van der Waals surface area (Å²) in [5.74, 6) is 0.496. The Morgan fingerprint density at radius 1 is 1.47 bits per heavy atom. The number of carbonyl (C=O) groups is 1. The van der Waals surface area contributed by atoms with Crippen molar-refractivity contribution in [1.29, 1.82) is 5.26 Å². The van der Waals surface area contributed by atoms with Crippen LogP contribution in [-0.2, 0) is 16.0 Å². The summed E-state index contributed by atoms with van der Waals surface area (Å²) in [5, 5.41) is 9.07. The van der Waals surface area contributed by atoms with Crippen LogP contribution in [0, 0.1) is 17.2 Å². The Morgan fingerprint density at radius 3 is 3.00 bits per heavy atom. The van der Waals surface area contributed by atoms with Gasteiger partial charge in [-0.25, -0.2) is 0 Å². The number of carbonyl (C=O) groups excluding carboxylic acids is 1. The van der Waals surface area contributed by atoms with Gasteiger partial charge in [-0.15, -0.1) is 0 Å². The average Bonchev–Trinajstić information content (AvgIpc) is 2.77. The van der Waals surface area contributed by atoms with Gasteiger partial charge in [0.15, 0.2) is 0 Å². The van der Waals surface area contributed by atoms with E-state index in [1.807, 2.05) is 29.2 Å². The average molecular weight is 258 g/mol. The zero-order valence-corrected chi connectivity index (χ0v) is 11.1. The highest BCUT2D eigenvalue weighted by molar-refractivity contribution is 5.78. The molecule has 1 aliphatic rings. The normalized spacial score (nSPS) is 18.6. The minimum atomic E-state index is 0.191. The van der Waals surface area contributed by atoms with Crippen molar-refractivity contribution in [3.05, 3.63) is 35.4 Å². The summed E-state index contributed by atoms with van der Waals surface area (Å²) in [4.78, 5) is 13.7. The molecule has 0 N–H and O–H groups in total. The van der Waals surface area contributed by atoms with Crippen molar-refractivity contribution in [3.8, 4) is 6.07 Å². The van der Waals surface area contributed by atoms with E-state index in [-0.39, 0.29) is 5.91 Å². The number of amides is 1. The molecule has 0 aromatic heterocycles. The number of ether oxygens (including phenoxy) is 1. The Balaban J connectivity index is 1.98. The highest BCUT2D eigenvalue weighted by atomic mass is 16.5. The fourth-order valence-electron chi connectivity index (χ4n) is 2.53. The van der Waals surface area contributed by atoms with Gasteiger partial charge in [0.1, 0.15) is 0 Å². The Bertz CT molecular complexity index is 493. The monoisotopic (exact) mass is 258 g/mol. The summed E-state index contributed by atoms with van der Waals surface area (Å²) in [5.41, 5.74) is 1.75. The van der Waals surface area contributed by atoms with Gasteiger partial charge in [0, 0.05) is 26.6 Å². The van der Waals surface area contributed by atoms with Crippen LogP contribution in [0.4, 0.5) is 0 Å². The Hall–Kier alpha value is -1.86. The van der Waals surface area contributed by atoms with E-state index in [2.05, 4.69) is 6.07 Å². The van der Waals surface area contributed by atoms with Crippen LogP contribution in [0.25, 0.3) is 0 Å². The second-order valence-electron chi connectivity index (χ2n) is 4.88. The first-order valence-electron chi connectivity index (χ1n) is 6.49. The minimum absolute atomic E-state index is 0.191. The Morgan fingerprint density at radius 2 is 2.26 bits per heavy atom.